The molecule has 36 heavy (non-hydrogen) atoms. The number of piperidine rings is 1. The van der Waals surface area contributed by atoms with Crippen molar-refractivity contribution in [2.24, 2.45) is 0 Å². The van der Waals surface area contributed by atoms with Gasteiger partial charge in [0.2, 0.25) is 0 Å². The molecule has 2 fully saturated rings. The molecule has 1 atom stereocenters. The Labute approximate surface area is 217 Å². The quantitative estimate of drug-likeness (QED) is 0.381. The van der Waals surface area contributed by atoms with Crippen LogP contribution >= 0.6 is 11.6 Å². The highest BCUT2D eigenvalue weighted by Gasteiger charge is 2.44. The van der Waals surface area contributed by atoms with Gasteiger partial charge in [0.25, 0.3) is 0 Å². The van der Waals surface area contributed by atoms with Crippen molar-refractivity contribution in [3.8, 4) is 11.4 Å². The molecule has 2 aromatic heterocycles. The van der Waals surface area contributed by atoms with Crippen molar-refractivity contribution in [2.75, 3.05) is 51.5 Å². The number of hydrogen-bond donors (Lipinski definition) is 1. The zero-order valence-corrected chi connectivity index (χ0v) is 22.1. The lowest BCUT2D eigenvalue weighted by Gasteiger charge is -2.46. The van der Waals surface area contributed by atoms with Crippen molar-refractivity contribution in [2.45, 2.75) is 25.0 Å². The van der Waals surface area contributed by atoms with Crippen molar-refractivity contribution in [1.29, 1.82) is 0 Å². The predicted molar refractivity (Wildman–Crippen MR) is 139 cm³/mol. The van der Waals surface area contributed by atoms with E-state index in [1.807, 2.05) is 23.1 Å². The van der Waals surface area contributed by atoms with E-state index in [0.29, 0.717) is 35.5 Å². The number of morpholine rings is 1. The van der Waals surface area contributed by atoms with Crippen LogP contribution in [0.5, 0.6) is 5.75 Å². The highest BCUT2D eigenvalue weighted by Crippen LogP contribution is 2.37. The molecular weight excluding hydrogens is 504 g/mol. The van der Waals surface area contributed by atoms with Crippen molar-refractivity contribution in [3.05, 3.63) is 41.2 Å². The molecule has 0 aliphatic carbocycles. The van der Waals surface area contributed by atoms with E-state index in [1.165, 1.54) is 0 Å². The Bertz CT molecular complexity index is 1320. The van der Waals surface area contributed by atoms with E-state index in [1.54, 1.807) is 30.3 Å². The monoisotopic (exact) mass is 532 g/mol. The SMILES string of the molecule is COc1cc(CNS(C)=O)ccc1-n1nc(N2CC(=O)OC3(CCN(C)CC3)C2)c2cnc(Cl)cc21. The zero-order valence-electron chi connectivity index (χ0n) is 20.5. The Kier molecular flexibility index (Phi) is 6.90. The summed E-state index contributed by atoms with van der Waals surface area (Å²) in [7, 11) is 2.55. The average Bonchev–Trinajstić information content (AvgIpc) is 3.22. The van der Waals surface area contributed by atoms with Crippen LogP contribution in [0.2, 0.25) is 5.15 Å². The summed E-state index contributed by atoms with van der Waals surface area (Å²) in [6, 6.07) is 7.48. The molecule has 2 saturated heterocycles. The summed E-state index contributed by atoms with van der Waals surface area (Å²) >= 11 is 6.28. The fourth-order valence-electron chi connectivity index (χ4n) is 4.88. The molecule has 3 aromatic rings. The molecule has 2 aliphatic heterocycles. The lowest BCUT2D eigenvalue weighted by atomic mass is 9.89. The molecule has 1 spiro atoms. The minimum absolute atomic E-state index is 0.113. The molecule has 0 bridgehead atoms. The predicted octanol–water partition coefficient (Wildman–Crippen LogP) is 2.29. The number of benzene rings is 1. The summed E-state index contributed by atoms with van der Waals surface area (Å²) in [4.78, 5) is 21.3. The number of ether oxygens (including phenoxy) is 2. The third-order valence-electron chi connectivity index (χ3n) is 6.79. The number of hydrogen-bond acceptors (Lipinski definition) is 8. The second-order valence-electron chi connectivity index (χ2n) is 9.36. The first-order valence-corrected chi connectivity index (χ1v) is 13.6. The number of carbonyl (C=O) groups excluding carboxylic acids is 1. The van der Waals surface area contributed by atoms with Gasteiger partial charge in [-0.05, 0) is 24.7 Å². The van der Waals surface area contributed by atoms with Crippen LogP contribution in [0.3, 0.4) is 0 Å². The smallest absolute Gasteiger partial charge is 0.326 e. The van der Waals surface area contributed by atoms with Crippen LogP contribution < -0.4 is 14.4 Å². The van der Waals surface area contributed by atoms with Gasteiger partial charge in [-0.25, -0.2) is 18.6 Å². The van der Waals surface area contributed by atoms with Crippen LogP contribution in [-0.2, 0) is 27.1 Å². The van der Waals surface area contributed by atoms with Crippen LogP contribution in [0.15, 0.2) is 30.5 Å². The first kappa shape index (κ1) is 24.9. The van der Waals surface area contributed by atoms with Gasteiger partial charge in [-0.1, -0.05) is 17.7 Å². The van der Waals surface area contributed by atoms with Crippen molar-refractivity contribution >= 4 is 45.3 Å². The number of nitrogens with one attached hydrogen (secondary N) is 1. The molecule has 192 valence electrons. The molecule has 2 aliphatic rings. The van der Waals surface area contributed by atoms with E-state index < -0.39 is 16.6 Å². The lowest BCUT2D eigenvalue weighted by molar-refractivity contribution is -0.166. The minimum atomic E-state index is -1.12. The number of halogens is 1. The van der Waals surface area contributed by atoms with Crippen LogP contribution in [0.25, 0.3) is 16.6 Å². The zero-order chi connectivity index (χ0) is 25.4. The summed E-state index contributed by atoms with van der Waals surface area (Å²) in [6.45, 7) is 2.86. The van der Waals surface area contributed by atoms with E-state index in [2.05, 4.69) is 21.7 Å². The number of carbonyl (C=O) groups is 1. The Balaban J connectivity index is 1.56. The number of fused-ring (bicyclic) bond motifs is 1. The minimum Gasteiger partial charge on any atom is -0.494 e. The maximum absolute atomic E-state index is 12.7. The van der Waals surface area contributed by atoms with Gasteiger partial charge in [0.05, 0.1) is 35.5 Å². The summed E-state index contributed by atoms with van der Waals surface area (Å²) in [6.07, 6.45) is 4.84. The highest BCUT2D eigenvalue weighted by atomic mass is 35.5. The third kappa shape index (κ3) is 4.93. The number of rotatable bonds is 6. The Morgan fingerprint density at radius 2 is 2.06 bits per heavy atom. The molecule has 10 nitrogen and oxygen atoms in total. The molecule has 12 heteroatoms. The van der Waals surface area contributed by atoms with Gasteiger partial charge in [-0.15, -0.1) is 5.10 Å². The van der Waals surface area contributed by atoms with E-state index in [4.69, 9.17) is 26.2 Å². The number of aromatic nitrogens is 3. The van der Waals surface area contributed by atoms with Crippen molar-refractivity contribution in [1.82, 2.24) is 24.4 Å². The number of pyridine rings is 1. The lowest BCUT2D eigenvalue weighted by Crippen LogP contribution is -2.58. The van der Waals surface area contributed by atoms with E-state index in [-0.39, 0.29) is 12.5 Å². The van der Waals surface area contributed by atoms with Crippen LogP contribution in [-0.4, -0.2) is 82.0 Å². The summed E-state index contributed by atoms with van der Waals surface area (Å²) in [5.41, 5.74) is 1.86. The van der Waals surface area contributed by atoms with E-state index in [0.717, 1.165) is 42.4 Å². The van der Waals surface area contributed by atoms with Gasteiger partial charge in [0.1, 0.15) is 28.7 Å². The van der Waals surface area contributed by atoms with Gasteiger partial charge in [-0.2, -0.15) is 0 Å². The number of anilines is 1. The van der Waals surface area contributed by atoms with Crippen LogP contribution in [0.1, 0.15) is 18.4 Å². The maximum Gasteiger partial charge on any atom is 0.326 e. The Morgan fingerprint density at radius 3 is 2.78 bits per heavy atom. The standard InChI is InChI=1S/C24H29ClN6O4S/c1-29-8-6-24(7-9-29)15-30(14-22(32)35-24)23-17-13-26-21(25)11-19(17)31(28-23)18-5-4-16(10-20(18)34-2)12-27-36(3)33/h4-5,10-11,13,27H,6-9,12,14-15H2,1-3H3. The van der Waals surface area contributed by atoms with Crippen molar-refractivity contribution < 1.29 is 18.5 Å². The second-order valence-corrected chi connectivity index (χ2v) is 10.9. The van der Waals surface area contributed by atoms with Gasteiger partial charge in [0.15, 0.2) is 5.82 Å². The Hall–Kier alpha value is -2.73. The van der Waals surface area contributed by atoms with Crippen LogP contribution in [0.4, 0.5) is 5.82 Å². The third-order valence-corrected chi connectivity index (χ3v) is 7.55. The van der Waals surface area contributed by atoms with Crippen LogP contribution in [0, 0.1) is 0 Å². The molecule has 0 amide bonds. The molecule has 0 saturated carbocycles. The molecule has 1 N–H and O–H groups in total. The van der Waals surface area contributed by atoms with Crippen molar-refractivity contribution in [3.63, 3.8) is 0 Å². The first-order chi connectivity index (χ1) is 17.3. The fourth-order valence-corrected chi connectivity index (χ4v) is 5.40. The maximum atomic E-state index is 12.7. The number of esters is 1. The average molecular weight is 533 g/mol. The summed E-state index contributed by atoms with van der Waals surface area (Å²) in [5, 5.41) is 6.07. The Morgan fingerprint density at radius 1 is 1.28 bits per heavy atom. The number of likely N-dealkylation sites (tertiary alicyclic amines) is 1. The van der Waals surface area contributed by atoms with Gasteiger partial charge < -0.3 is 19.3 Å². The van der Waals surface area contributed by atoms with Gasteiger partial charge in [0, 0.05) is 51.0 Å². The molecule has 4 heterocycles. The summed E-state index contributed by atoms with van der Waals surface area (Å²) < 4.78 is 27.7. The normalized spacial score (nSPS) is 19.0. The van der Waals surface area contributed by atoms with E-state index in [9.17, 15) is 9.00 Å². The van der Waals surface area contributed by atoms with E-state index >= 15 is 0 Å². The summed E-state index contributed by atoms with van der Waals surface area (Å²) in [5.74, 6) is 1.00. The van der Waals surface area contributed by atoms with Gasteiger partial charge in [-0.3, -0.25) is 4.79 Å². The van der Waals surface area contributed by atoms with Gasteiger partial charge >= 0.3 is 5.97 Å². The topological polar surface area (TPSA) is 102 Å². The molecule has 0 radical (unpaired) electrons. The largest absolute Gasteiger partial charge is 0.494 e. The molecular formula is C24H29ClN6O4S. The number of nitrogens with zero attached hydrogens (tertiary/aromatic N) is 5. The highest BCUT2D eigenvalue weighted by molar-refractivity contribution is 7.82. The molecule has 1 unspecified atom stereocenters. The molecule has 1 aromatic carbocycles. The second kappa shape index (κ2) is 9.97. The first-order valence-electron chi connectivity index (χ1n) is 11.7. The fraction of sp³-hybridized carbons (Fsp3) is 0.458. The molecule has 5 rings (SSSR count). The number of methoxy groups -OCH3 is 1.